The maximum atomic E-state index is 12.4. The van der Waals surface area contributed by atoms with Crippen molar-refractivity contribution < 1.29 is 22.7 Å². The molecular weight excluding hydrogens is 380 g/mol. The van der Waals surface area contributed by atoms with Crippen LogP contribution in [0.5, 0.6) is 11.5 Å². The number of amides is 1. The third kappa shape index (κ3) is 5.11. The molecule has 1 saturated carbocycles. The van der Waals surface area contributed by atoms with Crippen molar-refractivity contribution >= 4 is 27.7 Å². The number of carbonyl (C=O) groups is 1. The molecule has 0 saturated heterocycles. The van der Waals surface area contributed by atoms with Crippen molar-refractivity contribution in [3.8, 4) is 11.5 Å². The summed E-state index contributed by atoms with van der Waals surface area (Å²) in [5.41, 5.74) is 1.08. The van der Waals surface area contributed by atoms with E-state index in [9.17, 15) is 13.2 Å². The number of carbonyl (C=O) groups excluding carboxylic acids is 1. The molecule has 7 nitrogen and oxygen atoms in total. The van der Waals surface area contributed by atoms with Crippen molar-refractivity contribution in [3.05, 3.63) is 54.1 Å². The lowest BCUT2D eigenvalue weighted by molar-refractivity contribution is -0.111. The van der Waals surface area contributed by atoms with Gasteiger partial charge < -0.3 is 14.8 Å². The van der Waals surface area contributed by atoms with Gasteiger partial charge in [-0.3, -0.25) is 4.79 Å². The molecule has 2 N–H and O–H groups in total. The Kier molecular flexibility index (Phi) is 6.01. The molecule has 3 rings (SSSR count). The van der Waals surface area contributed by atoms with Gasteiger partial charge in [0.1, 0.15) is 11.5 Å². The van der Waals surface area contributed by atoms with Gasteiger partial charge in [-0.25, -0.2) is 13.1 Å². The molecule has 2 aromatic rings. The fraction of sp³-hybridized carbons (Fsp3) is 0.250. The van der Waals surface area contributed by atoms with Crippen LogP contribution in [-0.2, 0) is 14.8 Å². The van der Waals surface area contributed by atoms with E-state index in [1.165, 1.54) is 31.4 Å². The minimum Gasteiger partial charge on any atom is -0.497 e. The first-order chi connectivity index (χ1) is 13.4. The Balaban J connectivity index is 1.76. The lowest BCUT2D eigenvalue weighted by Crippen LogP contribution is -2.25. The highest BCUT2D eigenvalue weighted by molar-refractivity contribution is 7.89. The summed E-state index contributed by atoms with van der Waals surface area (Å²) in [4.78, 5) is 12.4. The zero-order valence-corrected chi connectivity index (χ0v) is 16.5. The van der Waals surface area contributed by atoms with E-state index in [0.29, 0.717) is 11.5 Å². The zero-order chi connectivity index (χ0) is 20.1. The van der Waals surface area contributed by atoms with Gasteiger partial charge in [-0.1, -0.05) is 12.1 Å². The molecule has 1 fully saturated rings. The molecule has 1 aliphatic rings. The minimum absolute atomic E-state index is 0.00376. The summed E-state index contributed by atoms with van der Waals surface area (Å²) in [5.74, 6) is 0.643. The Labute approximate surface area is 164 Å². The van der Waals surface area contributed by atoms with Crippen LogP contribution in [-0.4, -0.2) is 34.6 Å². The fourth-order valence-electron chi connectivity index (χ4n) is 2.53. The van der Waals surface area contributed by atoms with Crippen molar-refractivity contribution in [2.75, 3.05) is 19.5 Å². The second-order valence-electron chi connectivity index (χ2n) is 6.36. The van der Waals surface area contributed by atoms with E-state index in [0.717, 1.165) is 18.4 Å². The van der Waals surface area contributed by atoms with Crippen molar-refractivity contribution in [1.82, 2.24) is 4.72 Å². The molecule has 1 aliphatic carbocycles. The van der Waals surface area contributed by atoms with Gasteiger partial charge >= 0.3 is 0 Å². The fourth-order valence-corrected chi connectivity index (χ4v) is 3.86. The molecule has 0 unspecified atom stereocenters. The standard InChI is InChI=1S/C20H22N2O5S/c1-26-16-5-3-4-14(12-16)6-11-20(23)21-18-13-17(9-10-19(18)27-2)28(24,25)22-15-7-8-15/h3-6,9-13,15,22H,7-8H2,1-2H3,(H,21,23). The molecule has 28 heavy (non-hydrogen) atoms. The van der Waals surface area contributed by atoms with Gasteiger partial charge in [0.25, 0.3) is 0 Å². The average Bonchev–Trinajstić information content (AvgIpc) is 3.49. The number of nitrogens with one attached hydrogen (secondary N) is 2. The molecule has 0 bridgehead atoms. The van der Waals surface area contributed by atoms with Gasteiger partial charge in [-0.15, -0.1) is 0 Å². The number of ether oxygens (including phenoxy) is 2. The molecular formula is C20H22N2O5S. The highest BCUT2D eigenvalue weighted by Gasteiger charge is 2.28. The molecule has 148 valence electrons. The number of hydrogen-bond donors (Lipinski definition) is 2. The highest BCUT2D eigenvalue weighted by atomic mass is 32.2. The predicted octanol–water partition coefficient (Wildman–Crippen LogP) is 2.80. The molecule has 0 spiro atoms. The van der Waals surface area contributed by atoms with E-state index in [1.54, 1.807) is 19.3 Å². The highest BCUT2D eigenvalue weighted by Crippen LogP contribution is 2.29. The van der Waals surface area contributed by atoms with Gasteiger partial charge in [0, 0.05) is 12.1 Å². The van der Waals surface area contributed by atoms with Crippen LogP contribution in [0, 0.1) is 0 Å². The van der Waals surface area contributed by atoms with Crippen LogP contribution < -0.4 is 19.5 Å². The van der Waals surface area contributed by atoms with Crippen molar-refractivity contribution in [3.63, 3.8) is 0 Å². The summed E-state index contributed by atoms with van der Waals surface area (Å²) >= 11 is 0. The number of hydrogen-bond acceptors (Lipinski definition) is 5. The molecule has 0 atom stereocenters. The Hall–Kier alpha value is -2.84. The number of sulfonamides is 1. The molecule has 0 radical (unpaired) electrons. The smallest absolute Gasteiger partial charge is 0.248 e. The Morgan fingerprint density at radius 1 is 1.11 bits per heavy atom. The second kappa shape index (κ2) is 8.45. The van der Waals surface area contributed by atoms with E-state index in [4.69, 9.17) is 9.47 Å². The number of benzene rings is 2. The molecule has 0 aliphatic heterocycles. The number of rotatable bonds is 8. The topological polar surface area (TPSA) is 93.7 Å². The first-order valence-corrected chi connectivity index (χ1v) is 10.2. The largest absolute Gasteiger partial charge is 0.497 e. The Bertz CT molecular complexity index is 997. The monoisotopic (exact) mass is 402 g/mol. The van der Waals surface area contributed by atoms with E-state index in [1.807, 2.05) is 18.2 Å². The van der Waals surface area contributed by atoms with Crippen molar-refractivity contribution in [2.45, 2.75) is 23.8 Å². The normalized spacial score (nSPS) is 14.1. The predicted molar refractivity (Wildman–Crippen MR) is 107 cm³/mol. The summed E-state index contributed by atoms with van der Waals surface area (Å²) in [6.45, 7) is 0. The average molecular weight is 402 g/mol. The van der Waals surface area contributed by atoms with E-state index in [-0.39, 0.29) is 16.6 Å². The van der Waals surface area contributed by atoms with E-state index in [2.05, 4.69) is 10.0 Å². The van der Waals surface area contributed by atoms with Gasteiger partial charge in [0.2, 0.25) is 15.9 Å². The third-order valence-corrected chi connectivity index (χ3v) is 5.68. The molecule has 0 aromatic heterocycles. The molecule has 2 aromatic carbocycles. The Morgan fingerprint density at radius 3 is 2.57 bits per heavy atom. The summed E-state index contributed by atoms with van der Waals surface area (Å²) in [6, 6.07) is 11.6. The van der Waals surface area contributed by atoms with Crippen LogP contribution in [0.4, 0.5) is 5.69 Å². The molecule has 0 heterocycles. The van der Waals surface area contributed by atoms with Gasteiger partial charge in [-0.05, 0) is 54.8 Å². The van der Waals surface area contributed by atoms with Crippen LogP contribution in [0.25, 0.3) is 6.08 Å². The summed E-state index contributed by atoms with van der Waals surface area (Å²) < 4.78 is 37.8. The lowest BCUT2D eigenvalue weighted by Gasteiger charge is -2.12. The minimum atomic E-state index is -3.63. The van der Waals surface area contributed by atoms with E-state index >= 15 is 0 Å². The van der Waals surface area contributed by atoms with E-state index < -0.39 is 15.9 Å². The number of methoxy groups -OCH3 is 2. The quantitative estimate of drug-likeness (QED) is 0.662. The third-order valence-electron chi connectivity index (χ3n) is 4.16. The maximum Gasteiger partial charge on any atom is 0.248 e. The number of anilines is 1. The first kappa shape index (κ1) is 19.9. The summed E-state index contributed by atoms with van der Waals surface area (Å²) in [7, 11) is -0.610. The van der Waals surface area contributed by atoms with Gasteiger partial charge in [0.15, 0.2) is 0 Å². The van der Waals surface area contributed by atoms with Crippen LogP contribution in [0.15, 0.2) is 53.4 Å². The van der Waals surface area contributed by atoms with Gasteiger partial charge in [0.05, 0.1) is 24.8 Å². The first-order valence-electron chi connectivity index (χ1n) is 8.75. The maximum absolute atomic E-state index is 12.4. The summed E-state index contributed by atoms with van der Waals surface area (Å²) in [5, 5.41) is 2.67. The second-order valence-corrected chi connectivity index (χ2v) is 8.07. The lowest BCUT2D eigenvalue weighted by atomic mass is 10.2. The zero-order valence-electron chi connectivity index (χ0n) is 15.6. The Morgan fingerprint density at radius 2 is 1.89 bits per heavy atom. The molecule has 8 heteroatoms. The van der Waals surface area contributed by atoms with Crippen LogP contribution in [0.1, 0.15) is 18.4 Å². The van der Waals surface area contributed by atoms with Crippen molar-refractivity contribution in [2.24, 2.45) is 0 Å². The van der Waals surface area contributed by atoms with Gasteiger partial charge in [-0.2, -0.15) is 0 Å². The molecule has 1 amide bonds. The SMILES string of the molecule is COc1cccc(C=CC(=O)Nc2cc(S(=O)(=O)NC3CC3)ccc2OC)c1. The summed E-state index contributed by atoms with van der Waals surface area (Å²) in [6.07, 6.45) is 4.68. The van der Waals surface area contributed by atoms with Crippen LogP contribution in [0.3, 0.4) is 0 Å². The van der Waals surface area contributed by atoms with Crippen LogP contribution in [0.2, 0.25) is 0 Å². The van der Waals surface area contributed by atoms with Crippen molar-refractivity contribution in [1.29, 1.82) is 0 Å². The van der Waals surface area contributed by atoms with Crippen LogP contribution >= 0.6 is 0 Å².